The first-order chi connectivity index (χ1) is 10.6. The first-order valence-corrected chi connectivity index (χ1v) is 8.44. The van der Waals surface area contributed by atoms with Gasteiger partial charge in [0.15, 0.2) is 0 Å². The fourth-order valence-electron chi connectivity index (χ4n) is 2.81. The van der Waals surface area contributed by atoms with Gasteiger partial charge in [-0.05, 0) is 30.5 Å². The minimum absolute atomic E-state index is 0.189. The number of amides is 1. The summed E-state index contributed by atoms with van der Waals surface area (Å²) < 4.78 is 5.94. The van der Waals surface area contributed by atoms with Crippen LogP contribution in [0, 0.1) is 5.92 Å². The van der Waals surface area contributed by atoms with Crippen molar-refractivity contribution in [1.82, 2.24) is 10.2 Å². The van der Waals surface area contributed by atoms with Gasteiger partial charge in [0, 0.05) is 26.2 Å². The second-order valence-corrected chi connectivity index (χ2v) is 6.75. The van der Waals surface area contributed by atoms with Crippen molar-refractivity contribution in [2.45, 2.75) is 25.6 Å². The molecule has 2 aliphatic rings. The van der Waals surface area contributed by atoms with E-state index in [9.17, 15) is 4.79 Å². The number of rotatable bonds is 4. The number of carbonyl (C=O) groups is 1. The van der Waals surface area contributed by atoms with Gasteiger partial charge in [-0.3, -0.25) is 4.79 Å². The summed E-state index contributed by atoms with van der Waals surface area (Å²) in [6, 6.07) is 5.55. The lowest BCUT2D eigenvalue weighted by atomic mass is 9.99. The first kappa shape index (κ1) is 16.1. The zero-order valence-corrected chi connectivity index (χ0v) is 13.9. The second-order valence-electron chi connectivity index (χ2n) is 5.94. The van der Waals surface area contributed by atoms with E-state index >= 15 is 0 Å². The summed E-state index contributed by atoms with van der Waals surface area (Å²) in [6.07, 6.45) is 2.00. The monoisotopic (exact) mass is 342 g/mol. The van der Waals surface area contributed by atoms with Crippen molar-refractivity contribution in [3.63, 3.8) is 0 Å². The van der Waals surface area contributed by atoms with Crippen molar-refractivity contribution in [3.05, 3.63) is 33.8 Å². The molecule has 0 atom stereocenters. The Morgan fingerprint density at radius 3 is 2.55 bits per heavy atom. The van der Waals surface area contributed by atoms with Gasteiger partial charge >= 0.3 is 0 Å². The molecule has 120 valence electrons. The van der Waals surface area contributed by atoms with Crippen LogP contribution in [0.25, 0.3) is 0 Å². The van der Waals surface area contributed by atoms with E-state index in [1.54, 1.807) is 6.07 Å². The molecule has 1 N–H and O–H groups in total. The number of hydrogen-bond donors (Lipinski definition) is 1. The second kappa shape index (κ2) is 7.18. The number of nitrogens with zero attached hydrogens (tertiary/aromatic N) is 1. The highest BCUT2D eigenvalue weighted by atomic mass is 35.5. The molecule has 0 aliphatic carbocycles. The van der Waals surface area contributed by atoms with Gasteiger partial charge in [-0.1, -0.05) is 29.3 Å². The minimum atomic E-state index is 0.189. The van der Waals surface area contributed by atoms with Crippen LogP contribution in [0.3, 0.4) is 0 Å². The van der Waals surface area contributed by atoms with E-state index in [2.05, 4.69) is 5.32 Å². The lowest BCUT2D eigenvalue weighted by Crippen LogP contribution is -2.53. The third-order valence-electron chi connectivity index (χ3n) is 4.35. The van der Waals surface area contributed by atoms with E-state index in [-0.39, 0.29) is 12.0 Å². The molecule has 0 bridgehead atoms. The van der Waals surface area contributed by atoms with Gasteiger partial charge in [0.25, 0.3) is 0 Å². The molecular weight excluding hydrogens is 323 g/mol. The Labute approximate surface area is 140 Å². The van der Waals surface area contributed by atoms with Gasteiger partial charge in [-0.2, -0.15) is 0 Å². The molecule has 3 rings (SSSR count). The number of likely N-dealkylation sites (tertiary alicyclic amines) is 1. The maximum absolute atomic E-state index is 12.2. The molecule has 1 aromatic rings. The third-order valence-corrected chi connectivity index (χ3v) is 5.09. The van der Waals surface area contributed by atoms with E-state index in [1.807, 2.05) is 17.0 Å². The molecular formula is C16H20Cl2N2O2. The fraction of sp³-hybridized carbons (Fsp3) is 0.562. The maximum atomic E-state index is 12.2. The summed E-state index contributed by atoms with van der Waals surface area (Å²) in [5, 5.41) is 4.26. The highest BCUT2D eigenvalue weighted by Gasteiger charge is 2.31. The zero-order valence-electron chi connectivity index (χ0n) is 12.4. The van der Waals surface area contributed by atoms with Crippen molar-refractivity contribution < 1.29 is 9.53 Å². The standard InChI is InChI=1S/C16H20Cl2N2O2/c17-14-2-1-11(7-15(14)18)10-22-13-3-5-20(6-4-13)16(21)12-8-19-9-12/h1-2,7,12-13,19H,3-6,8-10H2. The van der Waals surface area contributed by atoms with Crippen LogP contribution < -0.4 is 5.32 Å². The Hall–Kier alpha value is -0.810. The van der Waals surface area contributed by atoms with Gasteiger partial charge in [0.05, 0.1) is 28.7 Å². The minimum Gasteiger partial charge on any atom is -0.373 e. The Bertz CT molecular complexity index is 541. The summed E-state index contributed by atoms with van der Waals surface area (Å²) in [5.74, 6) is 0.482. The normalized spacial score (nSPS) is 20.0. The molecule has 0 saturated carbocycles. The number of piperidine rings is 1. The van der Waals surface area contributed by atoms with Crippen molar-refractivity contribution in [3.8, 4) is 0 Å². The fourth-order valence-corrected chi connectivity index (χ4v) is 3.13. The lowest BCUT2D eigenvalue weighted by Gasteiger charge is -2.36. The predicted molar refractivity (Wildman–Crippen MR) is 87.2 cm³/mol. The summed E-state index contributed by atoms with van der Waals surface area (Å²) in [5.41, 5.74) is 1.02. The highest BCUT2D eigenvalue weighted by molar-refractivity contribution is 6.42. The van der Waals surface area contributed by atoms with E-state index < -0.39 is 0 Å². The van der Waals surface area contributed by atoms with E-state index in [1.165, 1.54) is 0 Å². The molecule has 0 unspecified atom stereocenters. The smallest absolute Gasteiger partial charge is 0.228 e. The lowest BCUT2D eigenvalue weighted by molar-refractivity contribution is -0.139. The summed E-state index contributed by atoms with van der Waals surface area (Å²) in [7, 11) is 0. The predicted octanol–water partition coefficient (Wildman–Crippen LogP) is 2.72. The third kappa shape index (κ3) is 3.74. The number of halogens is 2. The Morgan fingerprint density at radius 1 is 1.23 bits per heavy atom. The molecule has 22 heavy (non-hydrogen) atoms. The molecule has 2 aliphatic heterocycles. The average Bonchev–Trinajstić information content (AvgIpc) is 2.47. The number of benzene rings is 1. The molecule has 2 heterocycles. The molecule has 2 fully saturated rings. The van der Waals surface area contributed by atoms with Crippen LogP contribution in [0.4, 0.5) is 0 Å². The van der Waals surface area contributed by atoms with Crippen LogP contribution in [0.15, 0.2) is 18.2 Å². The SMILES string of the molecule is O=C(C1CNC1)N1CCC(OCc2ccc(Cl)c(Cl)c2)CC1. The quantitative estimate of drug-likeness (QED) is 0.914. The molecule has 0 aromatic heterocycles. The number of nitrogens with one attached hydrogen (secondary N) is 1. The number of ether oxygens (including phenoxy) is 1. The number of carbonyl (C=O) groups excluding carboxylic acids is 1. The Balaban J connectivity index is 1.43. The molecule has 4 nitrogen and oxygen atoms in total. The van der Waals surface area contributed by atoms with Crippen LogP contribution in [0.1, 0.15) is 18.4 Å². The van der Waals surface area contributed by atoms with Crippen LogP contribution in [-0.2, 0) is 16.1 Å². The van der Waals surface area contributed by atoms with Crippen molar-refractivity contribution >= 4 is 29.1 Å². The topological polar surface area (TPSA) is 41.6 Å². The van der Waals surface area contributed by atoms with Crippen LogP contribution in [0.5, 0.6) is 0 Å². The van der Waals surface area contributed by atoms with Gasteiger partial charge in [0.1, 0.15) is 0 Å². The molecule has 0 spiro atoms. The molecule has 1 aromatic carbocycles. The molecule has 2 saturated heterocycles. The maximum Gasteiger partial charge on any atom is 0.228 e. The summed E-state index contributed by atoms with van der Waals surface area (Å²) in [4.78, 5) is 14.1. The van der Waals surface area contributed by atoms with E-state index in [0.29, 0.717) is 22.6 Å². The highest BCUT2D eigenvalue weighted by Crippen LogP contribution is 2.24. The van der Waals surface area contributed by atoms with Crippen molar-refractivity contribution in [2.75, 3.05) is 26.2 Å². The zero-order chi connectivity index (χ0) is 15.5. The van der Waals surface area contributed by atoms with Gasteiger partial charge < -0.3 is 15.0 Å². The van der Waals surface area contributed by atoms with Crippen LogP contribution >= 0.6 is 23.2 Å². The number of hydrogen-bond acceptors (Lipinski definition) is 3. The summed E-state index contributed by atoms with van der Waals surface area (Å²) in [6.45, 7) is 3.77. The Kier molecular flexibility index (Phi) is 5.24. The van der Waals surface area contributed by atoms with Gasteiger partial charge in [0.2, 0.25) is 5.91 Å². The Morgan fingerprint density at radius 2 is 1.95 bits per heavy atom. The molecule has 6 heteroatoms. The largest absolute Gasteiger partial charge is 0.373 e. The molecule has 1 amide bonds. The van der Waals surface area contributed by atoms with Crippen LogP contribution in [0.2, 0.25) is 10.0 Å². The average molecular weight is 343 g/mol. The van der Waals surface area contributed by atoms with Gasteiger partial charge in [-0.25, -0.2) is 0 Å². The van der Waals surface area contributed by atoms with Crippen molar-refractivity contribution in [2.24, 2.45) is 5.92 Å². The summed E-state index contributed by atoms with van der Waals surface area (Å²) >= 11 is 11.9. The van der Waals surface area contributed by atoms with Gasteiger partial charge in [-0.15, -0.1) is 0 Å². The van der Waals surface area contributed by atoms with E-state index in [0.717, 1.165) is 44.6 Å². The van der Waals surface area contributed by atoms with Crippen molar-refractivity contribution in [1.29, 1.82) is 0 Å². The first-order valence-electron chi connectivity index (χ1n) is 7.68. The molecule has 0 radical (unpaired) electrons. The van der Waals surface area contributed by atoms with E-state index in [4.69, 9.17) is 27.9 Å². The van der Waals surface area contributed by atoms with Crippen LogP contribution in [-0.4, -0.2) is 43.1 Å².